The molecule has 0 aliphatic rings. The Morgan fingerprint density at radius 3 is 2.57 bits per heavy atom. The Balaban J connectivity index is 1.95. The average Bonchev–Trinajstić information content (AvgIpc) is 2.79. The third-order valence-electron chi connectivity index (χ3n) is 2.81. The van der Waals surface area contributed by atoms with Gasteiger partial charge in [0.15, 0.2) is 4.34 Å². The Labute approximate surface area is 136 Å². The van der Waals surface area contributed by atoms with Crippen molar-refractivity contribution in [3.63, 3.8) is 0 Å². The molecule has 0 aliphatic carbocycles. The lowest BCUT2D eigenvalue weighted by atomic mass is 9.96. The van der Waals surface area contributed by atoms with Crippen molar-refractivity contribution in [1.82, 2.24) is 15.0 Å². The molecule has 21 heavy (non-hydrogen) atoms. The summed E-state index contributed by atoms with van der Waals surface area (Å²) < 4.78 is 2.14. The van der Waals surface area contributed by atoms with Crippen LogP contribution in [0.2, 0.25) is 5.15 Å². The number of hydrogen-bond donors (Lipinski definition) is 0. The number of rotatable bonds is 2. The van der Waals surface area contributed by atoms with Gasteiger partial charge in [0.25, 0.3) is 0 Å². The van der Waals surface area contributed by atoms with Crippen LogP contribution in [0.15, 0.2) is 39.7 Å². The molecule has 0 aliphatic heterocycles. The maximum absolute atomic E-state index is 6.12. The third-order valence-corrected chi connectivity index (χ3v) is 5.02. The topological polar surface area (TPSA) is 38.7 Å². The number of hydrogen-bond acceptors (Lipinski definition) is 5. The summed E-state index contributed by atoms with van der Waals surface area (Å²) in [6, 6.07) is 9.89. The lowest BCUT2D eigenvalue weighted by molar-refractivity contribution is 0.538. The van der Waals surface area contributed by atoms with Crippen LogP contribution in [0.25, 0.3) is 10.2 Å². The van der Waals surface area contributed by atoms with Gasteiger partial charge in [0.05, 0.1) is 10.2 Å². The Hall–Kier alpha value is -1.17. The highest BCUT2D eigenvalue weighted by molar-refractivity contribution is 8.01. The molecule has 108 valence electrons. The standard InChI is InChI=1S/C15H14ClN3S2/c1-15(2,3)13-18-11(16)8-12(19-13)21-14-17-9-6-4-5-7-10(9)20-14/h4-8H,1-3H3. The predicted octanol–water partition coefficient (Wildman–Crippen LogP) is 5.19. The summed E-state index contributed by atoms with van der Waals surface area (Å²) in [6.45, 7) is 6.22. The fraction of sp³-hybridized carbons (Fsp3) is 0.267. The fourth-order valence-electron chi connectivity index (χ4n) is 1.77. The summed E-state index contributed by atoms with van der Waals surface area (Å²) in [4.78, 5) is 13.5. The zero-order chi connectivity index (χ0) is 15.0. The number of thiazole rings is 1. The van der Waals surface area contributed by atoms with Crippen molar-refractivity contribution in [2.24, 2.45) is 0 Å². The summed E-state index contributed by atoms with van der Waals surface area (Å²) in [5, 5.41) is 1.30. The molecule has 0 saturated carbocycles. The molecule has 0 unspecified atom stereocenters. The highest BCUT2D eigenvalue weighted by Crippen LogP contribution is 2.34. The average molecular weight is 336 g/mol. The molecule has 1 aromatic carbocycles. The molecule has 0 bridgehead atoms. The molecule has 0 fully saturated rings. The van der Waals surface area contributed by atoms with E-state index < -0.39 is 0 Å². The summed E-state index contributed by atoms with van der Waals surface area (Å²) in [5.74, 6) is 0.749. The zero-order valence-corrected chi connectivity index (χ0v) is 14.3. The molecule has 3 nitrogen and oxygen atoms in total. The van der Waals surface area contributed by atoms with Gasteiger partial charge in [0.1, 0.15) is 16.0 Å². The first-order chi connectivity index (χ1) is 9.91. The van der Waals surface area contributed by atoms with E-state index in [1.807, 2.05) is 18.2 Å². The lowest BCUT2D eigenvalue weighted by Crippen LogP contribution is -2.16. The van der Waals surface area contributed by atoms with Gasteiger partial charge in [0.2, 0.25) is 0 Å². The SMILES string of the molecule is CC(C)(C)c1nc(Cl)cc(Sc2nc3ccccc3s2)n1. The van der Waals surface area contributed by atoms with Gasteiger partial charge in [-0.2, -0.15) is 0 Å². The lowest BCUT2D eigenvalue weighted by Gasteiger charge is -2.16. The number of halogens is 1. The van der Waals surface area contributed by atoms with E-state index >= 15 is 0 Å². The second kappa shape index (κ2) is 5.55. The van der Waals surface area contributed by atoms with E-state index in [-0.39, 0.29) is 5.41 Å². The predicted molar refractivity (Wildman–Crippen MR) is 89.5 cm³/mol. The molecule has 6 heteroatoms. The van der Waals surface area contributed by atoms with Crippen molar-refractivity contribution in [2.45, 2.75) is 35.6 Å². The molecule has 0 radical (unpaired) electrons. The molecule has 0 N–H and O–H groups in total. The van der Waals surface area contributed by atoms with Gasteiger partial charge in [-0.1, -0.05) is 44.5 Å². The number of para-hydroxylation sites is 1. The van der Waals surface area contributed by atoms with Gasteiger partial charge in [-0.25, -0.2) is 15.0 Å². The van der Waals surface area contributed by atoms with Gasteiger partial charge in [-0.05, 0) is 23.9 Å². The number of nitrogens with zero attached hydrogens (tertiary/aromatic N) is 3. The number of aromatic nitrogens is 3. The van der Waals surface area contributed by atoms with E-state index in [0.29, 0.717) is 5.15 Å². The van der Waals surface area contributed by atoms with Crippen LogP contribution in [0.5, 0.6) is 0 Å². The molecule has 2 heterocycles. The second-order valence-electron chi connectivity index (χ2n) is 5.65. The first kappa shape index (κ1) is 14.8. The maximum Gasteiger partial charge on any atom is 0.157 e. The zero-order valence-electron chi connectivity index (χ0n) is 11.9. The van der Waals surface area contributed by atoms with Crippen LogP contribution in [0.1, 0.15) is 26.6 Å². The van der Waals surface area contributed by atoms with E-state index in [2.05, 4.69) is 41.8 Å². The van der Waals surface area contributed by atoms with Crippen molar-refractivity contribution >= 4 is 44.9 Å². The van der Waals surface area contributed by atoms with Crippen molar-refractivity contribution < 1.29 is 0 Å². The van der Waals surface area contributed by atoms with Gasteiger partial charge in [0, 0.05) is 11.5 Å². The van der Waals surface area contributed by atoms with Gasteiger partial charge in [-0.15, -0.1) is 11.3 Å². The number of fused-ring (bicyclic) bond motifs is 1. The maximum atomic E-state index is 6.12. The molecule has 0 atom stereocenters. The smallest absolute Gasteiger partial charge is 0.157 e. The minimum Gasteiger partial charge on any atom is -0.229 e. The Morgan fingerprint density at radius 2 is 1.86 bits per heavy atom. The highest BCUT2D eigenvalue weighted by atomic mass is 35.5. The Kier molecular flexibility index (Phi) is 3.90. The van der Waals surface area contributed by atoms with Crippen molar-refractivity contribution in [2.75, 3.05) is 0 Å². The summed E-state index contributed by atoms with van der Waals surface area (Å²) in [6.07, 6.45) is 0. The summed E-state index contributed by atoms with van der Waals surface area (Å²) in [5.41, 5.74) is 0.884. The minimum absolute atomic E-state index is 0.131. The van der Waals surface area contributed by atoms with Crippen LogP contribution < -0.4 is 0 Å². The van der Waals surface area contributed by atoms with Crippen LogP contribution in [0.4, 0.5) is 0 Å². The second-order valence-corrected chi connectivity index (χ2v) is 8.34. The number of benzene rings is 1. The molecular weight excluding hydrogens is 322 g/mol. The summed E-state index contributed by atoms with van der Waals surface area (Å²) >= 11 is 9.31. The Bertz CT molecular complexity index is 760. The quantitative estimate of drug-likeness (QED) is 0.604. The Morgan fingerprint density at radius 1 is 1.10 bits per heavy atom. The van der Waals surface area contributed by atoms with Gasteiger partial charge >= 0.3 is 0 Å². The van der Waals surface area contributed by atoms with Crippen LogP contribution in [-0.2, 0) is 5.41 Å². The molecule has 3 aromatic rings. The van der Waals surface area contributed by atoms with Crippen molar-refractivity contribution in [1.29, 1.82) is 0 Å². The van der Waals surface area contributed by atoms with E-state index in [1.54, 1.807) is 17.4 Å². The molecule has 0 saturated heterocycles. The largest absolute Gasteiger partial charge is 0.229 e. The van der Waals surface area contributed by atoms with E-state index in [9.17, 15) is 0 Å². The van der Waals surface area contributed by atoms with Crippen molar-refractivity contribution in [3.05, 3.63) is 41.3 Å². The van der Waals surface area contributed by atoms with Crippen molar-refractivity contribution in [3.8, 4) is 0 Å². The van der Waals surface area contributed by atoms with Crippen LogP contribution in [0, 0.1) is 0 Å². The normalized spacial score (nSPS) is 12.0. The molecule has 3 rings (SSSR count). The fourth-order valence-corrected chi connectivity index (χ4v) is 4.03. The first-order valence-electron chi connectivity index (χ1n) is 6.50. The van der Waals surface area contributed by atoms with Crippen LogP contribution in [-0.4, -0.2) is 15.0 Å². The highest BCUT2D eigenvalue weighted by Gasteiger charge is 2.19. The minimum atomic E-state index is -0.131. The van der Waals surface area contributed by atoms with Crippen LogP contribution in [0.3, 0.4) is 0 Å². The molecule has 0 amide bonds. The van der Waals surface area contributed by atoms with E-state index in [1.165, 1.54) is 16.5 Å². The van der Waals surface area contributed by atoms with Gasteiger partial charge in [-0.3, -0.25) is 0 Å². The summed E-state index contributed by atoms with van der Waals surface area (Å²) in [7, 11) is 0. The monoisotopic (exact) mass is 335 g/mol. The molecule has 0 spiro atoms. The first-order valence-corrected chi connectivity index (χ1v) is 8.51. The molecular formula is C15H14ClN3S2. The van der Waals surface area contributed by atoms with E-state index in [0.717, 1.165) is 20.7 Å². The molecule has 2 aromatic heterocycles. The van der Waals surface area contributed by atoms with Gasteiger partial charge < -0.3 is 0 Å². The third kappa shape index (κ3) is 3.36. The van der Waals surface area contributed by atoms with Crippen LogP contribution >= 0.6 is 34.7 Å². The van der Waals surface area contributed by atoms with E-state index in [4.69, 9.17) is 11.6 Å².